The fourth-order valence-electron chi connectivity index (χ4n) is 1.62. The molecule has 1 atom stereocenters. The van der Waals surface area contributed by atoms with Crippen molar-refractivity contribution in [3.8, 4) is 11.5 Å². The lowest BCUT2D eigenvalue weighted by Crippen LogP contribution is -2.42. The topological polar surface area (TPSA) is 3.24 Å². The molecule has 0 bridgehead atoms. The van der Waals surface area contributed by atoms with Gasteiger partial charge in [0.1, 0.15) is 8.07 Å². The molecule has 1 unspecified atom stereocenters. The van der Waals surface area contributed by atoms with Crippen molar-refractivity contribution >= 4 is 8.07 Å². The van der Waals surface area contributed by atoms with Crippen LogP contribution in [-0.2, 0) is 0 Å². The summed E-state index contributed by atoms with van der Waals surface area (Å²) < 4.78 is 0. The average molecular weight is 237 g/mol. The molecular weight excluding hydrogens is 210 g/mol. The normalized spacial score (nSPS) is 15.2. The van der Waals surface area contributed by atoms with E-state index in [0.29, 0.717) is 0 Å². The van der Waals surface area contributed by atoms with Gasteiger partial charge in [0.25, 0.3) is 0 Å². The monoisotopic (exact) mass is 237 g/mol. The first-order chi connectivity index (χ1) is 7.27. The van der Waals surface area contributed by atoms with E-state index in [0.717, 1.165) is 19.3 Å². The molecule has 0 aliphatic rings. The predicted molar refractivity (Wildman–Crippen MR) is 77.3 cm³/mol. The van der Waals surface area contributed by atoms with Gasteiger partial charge in [-0.3, -0.25) is 4.90 Å². The Kier molecular flexibility index (Phi) is 6.07. The molecule has 0 aromatic carbocycles. The highest BCUT2D eigenvalue weighted by Crippen LogP contribution is 2.23. The van der Waals surface area contributed by atoms with Crippen molar-refractivity contribution in [3.05, 3.63) is 12.7 Å². The van der Waals surface area contributed by atoms with Crippen LogP contribution in [0.4, 0.5) is 0 Å². The fourth-order valence-corrected chi connectivity index (χ4v) is 2.23. The largest absolute Gasteiger partial charge is 0.293 e. The molecule has 0 spiro atoms. The molecule has 0 amide bonds. The van der Waals surface area contributed by atoms with Crippen LogP contribution in [-0.4, -0.2) is 32.6 Å². The van der Waals surface area contributed by atoms with E-state index in [4.69, 9.17) is 0 Å². The SMILES string of the molecule is C=CCCC(C#C[Si](C)(C)C)(CC)N(C)C. The van der Waals surface area contributed by atoms with E-state index in [-0.39, 0.29) is 5.54 Å². The summed E-state index contributed by atoms with van der Waals surface area (Å²) in [6, 6.07) is 0. The van der Waals surface area contributed by atoms with Crippen molar-refractivity contribution < 1.29 is 0 Å². The van der Waals surface area contributed by atoms with Gasteiger partial charge in [-0.1, -0.05) is 38.6 Å². The van der Waals surface area contributed by atoms with Gasteiger partial charge in [-0.25, -0.2) is 0 Å². The van der Waals surface area contributed by atoms with Gasteiger partial charge in [-0.2, -0.15) is 0 Å². The zero-order valence-corrected chi connectivity index (χ0v) is 12.9. The Morgan fingerprint density at radius 2 is 1.88 bits per heavy atom. The van der Waals surface area contributed by atoms with Gasteiger partial charge in [0.05, 0.1) is 5.54 Å². The third kappa shape index (κ3) is 5.00. The number of rotatable bonds is 5. The minimum absolute atomic E-state index is 0.0362. The van der Waals surface area contributed by atoms with E-state index in [9.17, 15) is 0 Å². The van der Waals surface area contributed by atoms with Gasteiger partial charge in [-0.15, -0.1) is 12.1 Å². The second-order valence-electron chi connectivity index (χ2n) is 5.61. The van der Waals surface area contributed by atoms with Crippen LogP contribution in [0.15, 0.2) is 12.7 Å². The molecule has 0 radical (unpaired) electrons. The zero-order valence-electron chi connectivity index (χ0n) is 11.9. The Bertz CT molecular complexity index is 277. The van der Waals surface area contributed by atoms with Crippen LogP contribution in [0.25, 0.3) is 0 Å². The maximum absolute atomic E-state index is 3.81. The average Bonchev–Trinajstić information content (AvgIpc) is 2.17. The van der Waals surface area contributed by atoms with Gasteiger partial charge >= 0.3 is 0 Å². The summed E-state index contributed by atoms with van der Waals surface area (Å²) >= 11 is 0. The molecule has 0 aromatic heterocycles. The maximum atomic E-state index is 3.81. The molecule has 2 heteroatoms. The third-order valence-corrected chi connectivity index (χ3v) is 3.75. The second-order valence-corrected chi connectivity index (χ2v) is 10.4. The lowest BCUT2D eigenvalue weighted by Gasteiger charge is -2.34. The van der Waals surface area contributed by atoms with Crippen LogP contribution in [0.1, 0.15) is 26.2 Å². The van der Waals surface area contributed by atoms with Crippen LogP contribution >= 0.6 is 0 Å². The highest BCUT2D eigenvalue weighted by Gasteiger charge is 2.27. The smallest absolute Gasteiger partial charge is 0.129 e. The van der Waals surface area contributed by atoms with E-state index in [2.05, 4.69) is 63.6 Å². The van der Waals surface area contributed by atoms with E-state index in [1.165, 1.54) is 0 Å². The summed E-state index contributed by atoms with van der Waals surface area (Å²) in [6.07, 6.45) is 5.18. The Morgan fingerprint density at radius 1 is 1.31 bits per heavy atom. The van der Waals surface area contributed by atoms with Gasteiger partial charge < -0.3 is 0 Å². The highest BCUT2D eigenvalue weighted by atomic mass is 28.3. The summed E-state index contributed by atoms with van der Waals surface area (Å²) in [5, 5.41) is 0. The van der Waals surface area contributed by atoms with Crippen LogP contribution in [0, 0.1) is 11.5 Å². The molecule has 92 valence electrons. The third-order valence-electron chi connectivity index (χ3n) is 2.87. The Balaban J connectivity index is 5.02. The quantitative estimate of drug-likeness (QED) is 0.401. The van der Waals surface area contributed by atoms with Crippen LogP contribution in [0.3, 0.4) is 0 Å². The first kappa shape index (κ1) is 15.5. The highest BCUT2D eigenvalue weighted by molar-refractivity contribution is 6.83. The minimum Gasteiger partial charge on any atom is -0.293 e. The van der Waals surface area contributed by atoms with Crippen LogP contribution in [0.5, 0.6) is 0 Å². The Labute approximate surface area is 103 Å². The summed E-state index contributed by atoms with van der Waals surface area (Å²) in [5.41, 5.74) is 3.55. The van der Waals surface area contributed by atoms with E-state index in [1.807, 2.05) is 6.08 Å². The molecule has 0 aliphatic heterocycles. The Hall–Kier alpha value is -0.523. The molecule has 0 rings (SSSR count). The summed E-state index contributed by atoms with van der Waals surface area (Å²) in [6.45, 7) is 12.9. The molecule has 16 heavy (non-hydrogen) atoms. The molecule has 0 aromatic rings. The molecule has 1 nitrogen and oxygen atoms in total. The van der Waals surface area contributed by atoms with Crippen LogP contribution < -0.4 is 0 Å². The Morgan fingerprint density at radius 3 is 2.19 bits per heavy atom. The lowest BCUT2D eigenvalue weighted by molar-refractivity contribution is 0.199. The second kappa shape index (κ2) is 6.27. The number of nitrogens with zero attached hydrogens (tertiary/aromatic N) is 1. The van der Waals surface area contributed by atoms with Gasteiger partial charge in [0.15, 0.2) is 0 Å². The van der Waals surface area contributed by atoms with Crippen molar-refractivity contribution in [1.29, 1.82) is 0 Å². The van der Waals surface area contributed by atoms with Crippen molar-refractivity contribution in [2.45, 2.75) is 51.4 Å². The zero-order chi connectivity index (χ0) is 12.8. The molecule has 0 saturated heterocycles. The molecule has 0 heterocycles. The van der Waals surface area contributed by atoms with Gasteiger partial charge in [-0.05, 0) is 33.4 Å². The van der Waals surface area contributed by atoms with Crippen molar-refractivity contribution in [2.24, 2.45) is 0 Å². The summed E-state index contributed by atoms with van der Waals surface area (Å²) in [5.74, 6) is 3.55. The maximum Gasteiger partial charge on any atom is 0.129 e. The predicted octanol–water partition coefficient (Wildman–Crippen LogP) is 3.54. The van der Waals surface area contributed by atoms with Crippen molar-refractivity contribution in [3.63, 3.8) is 0 Å². The van der Waals surface area contributed by atoms with E-state index < -0.39 is 8.07 Å². The molecule has 0 N–H and O–H groups in total. The van der Waals surface area contributed by atoms with Gasteiger partial charge in [0.2, 0.25) is 0 Å². The first-order valence-electron chi connectivity index (χ1n) is 6.10. The number of allylic oxidation sites excluding steroid dienone is 1. The van der Waals surface area contributed by atoms with Crippen molar-refractivity contribution in [2.75, 3.05) is 14.1 Å². The standard InChI is InChI=1S/C14H27NSi/c1-8-10-11-14(9-2,15(3)4)12-13-16(5,6)7/h8H,1,9-11H2,2-7H3. The molecular formula is C14H27NSi. The number of hydrogen-bond donors (Lipinski definition) is 0. The summed E-state index contributed by atoms with van der Waals surface area (Å²) in [4.78, 5) is 2.27. The number of hydrogen-bond acceptors (Lipinski definition) is 1. The van der Waals surface area contributed by atoms with Crippen molar-refractivity contribution in [1.82, 2.24) is 4.90 Å². The lowest BCUT2D eigenvalue weighted by atomic mass is 9.90. The first-order valence-corrected chi connectivity index (χ1v) is 9.60. The van der Waals surface area contributed by atoms with Gasteiger partial charge in [0, 0.05) is 0 Å². The molecule has 0 saturated carbocycles. The van der Waals surface area contributed by atoms with Crippen LogP contribution in [0.2, 0.25) is 19.6 Å². The molecule has 0 aliphatic carbocycles. The van der Waals surface area contributed by atoms with E-state index >= 15 is 0 Å². The van der Waals surface area contributed by atoms with E-state index in [1.54, 1.807) is 0 Å². The fraction of sp³-hybridized carbons (Fsp3) is 0.714. The minimum atomic E-state index is -1.28. The molecule has 0 fully saturated rings. The summed E-state index contributed by atoms with van der Waals surface area (Å²) in [7, 11) is 2.98.